The summed E-state index contributed by atoms with van der Waals surface area (Å²) in [5, 5.41) is 0. The van der Waals surface area contributed by atoms with Crippen LogP contribution in [0.1, 0.15) is 12.0 Å². The van der Waals surface area contributed by atoms with Crippen molar-refractivity contribution in [2.75, 3.05) is 0 Å². The Morgan fingerprint density at radius 2 is 1.93 bits per heavy atom. The molecule has 0 aliphatic carbocycles. The molecule has 1 aliphatic heterocycles. The average molecular weight is 189 g/mol. The van der Waals surface area contributed by atoms with Gasteiger partial charge >= 0.3 is 0 Å². The predicted octanol–water partition coefficient (Wildman–Crippen LogP) is 2.21. The first-order valence-corrected chi connectivity index (χ1v) is 4.29. The van der Waals surface area contributed by atoms with E-state index in [1.54, 1.807) is 18.3 Å². The number of hydrogen-bond donors (Lipinski definition) is 0. The number of aliphatic imine (C=N–C) groups is 1. The van der Waals surface area contributed by atoms with E-state index in [9.17, 15) is 9.18 Å². The lowest BCUT2D eigenvalue weighted by Crippen LogP contribution is -1.99. The number of nitrogens with zero attached hydrogens (tertiary/aromatic N) is 1. The molecule has 1 aliphatic rings. The van der Waals surface area contributed by atoms with Gasteiger partial charge in [0, 0.05) is 18.7 Å². The zero-order valence-corrected chi connectivity index (χ0v) is 7.40. The van der Waals surface area contributed by atoms with Crippen molar-refractivity contribution in [3.63, 3.8) is 0 Å². The lowest BCUT2D eigenvalue weighted by molar-refractivity contribution is -0.113. The summed E-state index contributed by atoms with van der Waals surface area (Å²) >= 11 is 0. The van der Waals surface area contributed by atoms with Crippen molar-refractivity contribution in [2.45, 2.75) is 6.42 Å². The number of carbonyl (C=O) groups is 1. The van der Waals surface area contributed by atoms with Gasteiger partial charge in [0.15, 0.2) is 0 Å². The van der Waals surface area contributed by atoms with Crippen LogP contribution >= 0.6 is 0 Å². The molecule has 2 nitrogen and oxygen atoms in total. The molecular weight excluding hydrogens is 181 g/mol. The van der Waals surface area contributed by atoms with Gasteiger partial charge in [0.1, 0.15) is 5.82 Å². The molecule has 1 aromatic rings. The third kappa shape index (κ3) is 1.76. The number of hydrogen-bond acceptors (Lipinski definition) is 1. The molecule has 0 saturated carbocycles. The molecule has 0 bridgehead atoms. The molecule has 70 valence electrons. The van der Waals surface area contributed by atoms with Crippen LogP contribution in [0.3, 0.4) is 0 Å². The fourth-order valence-electron chi connectivity index (χ4n) is 1.34. The lowest BCUT2D eigenvalue weighted by atomic mass is 10.0. The standard InChI is InChI=1S/C11H8FNO/c12-10-3-1-8(2-4-10)9-5-6-13-11(14)7-9/h1-4,6-7H,5H2. The molecule has 0 N–H and O–H groups in total. The molecule has 0 aromatic heterocycles. The molecular formula is C11H8FNO. The summed E-state index contributed by atoms with van der Waals surface area (Å²) in [4.78, 5) is 14.6. The van der Waals surface area contributed by atoms with Crippen molar-refractivity contribution in [3.05, 3.63) is 41.7 Å². The Morgan fingerprint density at radius 1 is 1.21 bits per heavy atom. The minimum Gasteiger partial charge on any atom is -0.267 e. The summed E-state index contributed by atoms with van der Waals surface area (Å²) in [7, 11) is 0. The van der Waals surface area contributed by atoms with Gasteiger partial charge in [-0.15, -0.1) is 0 Å². The number of amides is 1. The maximum Gasteiger partial charge on any atom is 0.269 e. The zero-order valence-electron chi connectivity index (χ0n) is 7.40. The number of halogens is 1. The SMILES string of the molecule is O=C1C=C(c2ccc(F)cc2)CC=N1. The smallest absolute Gasteiger partial charge is 0.267 e. The van der Waals surface area contributed by atoms with Crippen molar-refractivity contribution in [1.29, 1.82) is 0 Å². The van der Waals surface area contributed by atoms with Crippen LogP contribution in [0.15, 0.2) is 35.3 Å². The lowest BCUT2D eigenvalue weighted by Gasteiger charge is -2.06. The van der Waals surface area contributed by atoms with E-state index in [4.69, 9.17) is 0 Å². The number of carbonyl (C=O) groups excluding carboxylic acids is 1. The highest BCUT2D eigenvalue weighted by Crippen LogP contribution is 2.19. The normalized spacial score (nSPS) is 15.5. The van der Waals surface area contributed by atoms with E-state index in [2.05, 4.69) is 4.99 Å². The second kappa shape index (κ2) is 3.54. The molecule has 1 heterocycles. The molecule has 0 atom stereocenters. The van der Waals surface area contributed by atoms with Crippen molar-refractivity contribution in [3.8, 4) is 0 Å². The Morgan fingerprint density at radius 3 is 2.57 bits per heavy atom. The van der Waals surface area contributed by atoms with Gasteiger partial charge in [0.2, 0.25) is 0 Å². The van der Waals surface area contributed by atoms with E-state index in [0.717, 1.165) is 11.1 Å². The quantitative estimate of drug-likeness (QED) is 0.666. The molecule has 2 rings (SSSR count). The van der Waals surface area contributed by atoms with Crippen molar-refractivity contribution in [2.24, 2.45) is 4.99 Å². The fourth-order valence-corrected chi connectivity index (χ4v) is 1.34. The molecule has 0 unspecified atom stereocenters. The van der Waals surface area contributed by atoms with Crippen LogP contribution in [-0.2, 0) is 4.79 Å². The van der Waals surface area contributed by atoms with E-state index in [0.29, 0.717) is 6.42 Å². The van der Waals surface area contributed by atoms with Crippen LogP contribution in [0.5, 0.6) is 0 Å². The molecule has 0 fully saturated rings. The van der Waals surface area contributed by atoms with Crippen LogP contribution in [0.25, 0.3) is 5.57 Å². The van der Waals surface area contributed by atoms with Crippen LogP contribution in [0.4, 0.5) is 4.39 Å². The van der Waals surface area contributed by atoms with E-state index >= 15 is 0 Å². The Bertz CT molecular complexity index is 417. The van der Waals surface area contributed by atoms with Gasteiger partial charge in [-0.1, -0.05) is 12.1 Å². The van der Waals surface area contributed by atoms with E-state index in [1.807, 2.05) is 0 Å². The van der Waals surface area contributed by atoms with Crippen molar-refractivity contribution >= 4 is 17.7 Å². The van der Waals surface area contributed by atoms with Gasteiger partial charge in [-0.05, 0) is 23.3 Å². The van der Waals surface area contributed by atoms with Crippen LogP contribution in [-0.4, -0.2) is 12.1 Å². The Balaban J connectivity index is 2.32. The van der Waals surface area contributed by atoms with Gasteiger partial charge < -0.3 is 0 Å². The number of rotatable bonds is 1. The highest BCUT2D eigenvalue weighted by molar-refractivity contribution is 6.05. The predicted molar refractivity (Wildman–Crippen MR) is 52.5 cm³/mol. The Hall–Kier alpha value is -1.77. The summed E-state index contributed by atoms with van der Waals surface area (Å²) in [6.07, 6.45) is 3.67. The minimum absolute atomic E-state index is 0.254. The summed E-state index contributed by atoms with van der Waals surface area (Å²) in [5.74, 6) is -0.527. The second-order valence-corrected chi connectivity index (χ2v) is 3.03. The summed E-state index contributed by atoms with van der Waals surface area (Å²) in [6, 6.07) is 6.08. The molecule has 1 amide bonds. The van der Waals surface area contributed by atoms with E-state index in [-0.39, 0.29) is 11.7 Å². The largest absolute Gasteiger partial charge is 0.269 e. The van der Waals surface area contributed by atoms with Crippen LogP contribution in [0, 0.1) is 5.82 Å². The average Bonchev–Trinajstić information content (AvgIpc) is 2.19. The second-order valence-electron chi connectivity index (χ2n) is 3.03. The fraction of sp³-hybridized carbons (Fsp3) is 0.0909. The maximum atomic E-state index is 12.6. The van der Waals surface area contributed by atoms with E-state index in [1.165, 1.54) is 18.2 Å². The Labute approximate surface area is 80.8 Å². The number of dihydropyridines is 1. The van der Waals surface area contributed by atoms with Gasteiger partial charge in [0.05, 0.1) is 0 Å². The molecule has 14 heavy (non-hydrogen) atoms. The first kappa shape index (κ1) is 8.81. The summed E-state index contributed by atoms with van der Waals surface area (Å²) in [5.41, 5.74) is 1.75. The van der Waals surface area contributed by atoms with Crippen molar-refractivity contribution in [1.82, 2.24) is 0 Å². The van der Waals surface area contributed by atoms with E-state index < -0.39 is 0 Å². The zero-order chi connectivity index (χ0) is 9.97. The highest BCUT2D eigenvalue weighted by Gasteiger charge is 2.07. The van der Waals surface area contributed by atoms with Crippen LogP contribution in [0.2, 0.25) is 0 Å². The first-order chi connectivity index (χ1) is 6.75. The van der Waals surface area contributed by atoms with Gasteiger partial charge in [-0.25, -0.2) is 9.38 Å². The number of allylic oxidation sites excluding steroid dienone is 1. The molecule has 0 radical (unpaired) electrons. The Kier molecular flexibility index (Phi) is 2.23. The molecule has 0 spiro atoms. The van der Waals surface area contributed by atoms with Crippen LogP contribution < -0.4 is 0 Å². The maximum absolute atomic E-state index is 12.6. The topological polar surface area (TPSA) is 29.4 Å². The highest BCUT2D eigenvalue weighted by atomic mass is 19.1. The third-order valence-electron chi connectivity index (χ3n) is 2.04. The molecule has 1 aromatic carbocycles. The minimum atomic E-state index is -0.273. The summed E-state index contributed by atoms with van der Waals surface area (Å²) < 4.78 is 12.6. The number of benzene rings is 1. The van der Waals surface area contributed by atoms with Gasteiger partial charge in [-0.2, -0.15) is 0 Å². The first-order valence-electron chi connectivity index (χ1n) is 4.29. The van der Waals surface area contributed by atoms with Gasteiger partial charge in [0.25, 0.3) is 5.91 Å². The summed E-state index contributed by atoms with van der Waals surface area (Å²) in [6.45, 7) is 0. The molecule has 0 saturated heterocycles. The van der Waals surface area contributed by atoms with Gasteiger partial charge in [-0.3, -0.25) is 4.79 Å². The third-order valence-corrected chi connectivity index (χ3v) is 2.04. The monoisotopic (exact) mass is 189 g/mol. The molecule has 3 heteroatoms. The van der Waals surface area contributed by atoms with Crippen molar-refractivity contribution < 1.29 is 9.18 Å².